The zero-order valence-corrected chi connectivity index (χ0v) is 7.49. The van der Waals surface area contributed by atoms with Gasteiger partial charge in [0.05, 0.1) is 5.92 Å². The molecule has 0 aromatic rings. The highest BCUT2D eigenvalue weighted by molar-refractivity contribution is 5.71. The average Bonchev–Trinajstić information content (AvgIpc) is 2.03. The largest absolute Gasteiger partial charge is 0.469 e. The first-order chi connectivity index (χ1) is 6.14. The molecule has 0 heterocycles. The minimum atomic E-state index is -5.11. The van der Waals surface area contributed by atoms with Gasteiger partial charge in [0, 0.05) is 0 Å². The van der Waals surface area contributed by atoms with Crippen LogP contribution in [0.25, 0.3) is 0 Å². The van der Waals surface area contributed by atoms with E-state index in [4.69, 9.17) is 0 Å². The fourth-order valence-corrected chi connectivity index (χ4v) is 0.397. The lowest BCUT2D eigenvalue weighted by Gasteiger charge is -2.23. The van der Waals surface area contributed by atoms with Crippen molar-refractivity contribution in [1.29, 1.82) is 0 Å². The number of halogens is 5. The molecule has 0 aliphatic heterocycles. The standard InChI is InChI=1S/C7H9F5O2/c1-4(2)5(13)14-7(11,12)6(9,10)3-8/h4H,3H2,1-2H3. The minimum Gasteiger partial charge on any atom is -0.396 e. The second-order valence-corrected chi connectivity index (χ2v) is 2.93. The molecule has 0 N–H and O–H groups in total. The van der Waals surface area contributed by atoms with E-state index in [1.807, 2.05) is 0 Å². The van der Waals surface area contributed by atoms with Gasteiger partial charge in [-0.1, -0.05) is 13.8 Å². The van der Waals surface area contributed by atoms with Gasteiger partial charge in [0.2, 0.25) is 0 Å². The number of hydrogen-bond acceptors (Lipinski definition) is 2. The van der Waals surface area contributed by atoms with Crippen molar-refractivity contribution >= 4 is 5.97 Å². The topological polar surface area (TPSA) is 26.3 Å². The van der Waals surface area contributed by atoms with Crippen LogP contribution >= 0.6 is 0 Å². The van der Waals surface area contributed by atoms with E-state index in [-0.39, 0.29) is 0 Å². The van der Waals surface area contributed by atoms with Crippen molar-refractivity contribution in [3.05, 3.63) is 0 Å². The Morgan fingerprint density at radius 1 is 1.29 bits per heavy atom. The summed E-state index contributed by atoms with van der Waals surface area (Å²) in [6, 6.07) is 0. The van der Waals surface area contributed by atoms with Crippen LogP contribution in [0.1, 0.15) is 13.8 Å². The molecule has 0 aromatic heterocycles. The maximum absolute atomic E-state index is 12.4. The Labute approximate surface area is 77.0 Å². The van der Waals surface area contributed by atoms with Gasteiger partial charge in [-0.15, -0.1) is 0 Å². The van der Waals surface area contributed by atoms with E-state index in [0.717, 1.165) is 0 Å². The van der Waals surface area contributed by atoms with Crippen molar-refractivity contribution in [2.45, 2.75) is 25.9 Å². The monoisotopic (exact) mass is 220 g/mol. The van der Waals surface area contributed by atoms with Gasteiger partial charge < -0.3 is 4.74 Å². The first-order valence-corrected chi connectivity index (χ1v) is 3.68. The molecule has 0 bridgehead atoms. The number of rotatable bonds is 4. The number of carbonyl (C=O) groups excluding carboxylic acids is 1. The molecule has 7 heteroatoms. The van der Waals surface area contributed by atoms with Crippen LogP contribution in [0.4, 0.5) is 22.0 Å². The van der Waals surface area contributed by atoms with E-state index >= 15 is 0 Å². The summed E-state index contributed by atoms with van der Waals surface area (Å²) >= 11 is 0. The van der Waals surface area contributed by atoms with E-state index in [9.17, 15) is 26.7 Å². The predicted octanol–water partition coefficient (Wildman–Crippen LogP) is 2.38. The van der Waals surface area contributed by atoms with E-state index in [2.05, 4.69) is 4.74 Å². The van der Waals surface area contributed by atoms with Crippen molar-refractivity contribution < 1.29 is 31.5 Å². The van der Waals surface area contributed by atoms with Crippen LogP contribution in [0.3, 0.4) is 0 Å². The Balaban J connectivity index is 4.57. The molecule has 0 aliphatic rings. The molecular weight excluding hydrogens is 211 g/mol. The van der Waals surface area contributed by atoms with Crippen LogP contribution in [0.5, 0.6) is 0 Å². The van der Waals surface area contributed by atoms with Crippen molar-refractivity contribution in [2.75, 3.05) is 6.67 Å². The highest BCUT2D eigenvalue weighted by Crippen LogP contribution is 2.36. The molecular formula is C7H9F5O2. The third-order valence-electron chi connectivity index (χ3n) is 1.29. The first kappa shape index (κ1) is 13.1. The predicted molar refractivity (Wildman–Crippen MR) is 36.8 cm³/mol. The molecule has 0 spiro atoms. The average molecular weight is 220 g/mol. The molecule has 0 amide bonds. The van der Waals surface area contributed by atoms with Gasteiger partial charge in [-0.3, -0.25) is 4.79 Å². The second kappa shape index (κ2) is 4.10. The fraction of sp³-hybridized carbons (Fsp3) is 0.857. The van der Waals surface area contributed by atoms with Crippen molar-refractivity contribution in [3.63, 3.8) is 0 Å². The van der Waals surface area contributed by atoms with Gasteiger partial charge in [-0.2, -0.15) is 17.6 Å². The normalized spacial score (nSPS) is 13.1. The molecule has 0 unspecified atom stereocenters. The molecule has 0 rings (SSSR count). The third kappa shape index (κ3) is 2.81. The van der Waals surface area contributed by atoms with Crippen LogP contribution in [0.15, 0.2) is 0 Å². The summed E-state index contributed by atoms with van der Waals surface area (Å²) in [5.41, 5.74) is 0. The molecule has 0 atom stereocenters. The molecule has 0 aromatic carbocycles. The number of ether oxygens (including phenoxy) is 1. The van der Waals surface area contributed by atoms with Gasteiger partial charge in [-0.05, 0) is 0 Å². The van der Waals surface area contributed by atoms with Crippen LogP contribution in [-0.4, -0.2) is 24.7 Å². The summed E-state index contributed by atoms with van der Waals surface area (Å²) in [6.07, 6.45) is -5.11. The quantitative estimate of drug-likeness (QED) is 0.537. The van der Waals surface area contributed by atoms with Crippen LogP contribution < -0.4 is 0 Å². The van der Waals surface area contributed by atoms with Gasteiger partial charge >= 0.3 is 18.0 Å². The number of esters is 1. The Kier molecular flexibility index (Phi) is 3.84. The van der Waals surface area contributed by atoms with E-state index in [1.165, 1.54) is 13.8 Å². The lowest BCUT2D eigenvalue weighted by Crippen LogP contribution is -2.46. The summed E-state index contributed by atoms with van der Waals surface area (Å²) in [7, 11) is 0. The van der Waals surface area contributed by atoms with Crippen LogP contribution in [0.2, 0.25) is 0 Å². The number of alkyl halides is 5. The lowest BCUT2D eigenvalue weighted by atomic mass is 10.2. The van der Waals surface area contributed by atoms with E-state index < -0.39 is 30.6 Å². The first-order valence-electron chi connectivity index (χ1n) is 3.68. The van der Waals surface area contributed by atoms with Crippen LogP contribution in [0, 0.1) is 5.92 Å². The SMILES string of the molecule is CC(C)C(=O)OC(F)(F)C(F)(F)CF. The summed E-state index contributed by atoms with van der Waals surface area (Å²) in [5, 5.41) is 0. The Hall–Kier alpha value is -0.880. The maximum atomic E-state index is 12.4. The van der Waals surface area contributed by atoms with Crippen molar-refractivity contribution in [3.8, 4) is 0 Å². The third-order valence-corrected chi connectivity index (χ3v) is 1.29. The molecule has 0 saturated heterocycles. The summed E-state index contributed by atoms with van der Waals surface area (Å²) < 4.78 is 63.8. The molecule has 2 nitrogen and oxygen atoms in total. The Bertz CT molecular complexity index is 214. The Morgan fingerprint density at radius 2 is 1.71 bits per heavy atom. The summed E-state index contributed by atoms with van der Waals surface area (Å²) in [6.45, 7) is -0.219. The fourth-order valence-electron chi connectivity index (χ4n) is 0.397. The number of carbonyl (C=O) groups is 1. The maximum Gasteiger partial charge on any atom is 0.469 e. The van der Waals surface area contributed by atoms with Crippen LogP contribution in [-0.2, 0) is 9.53 Å². The molecule has 0 fully saturated rings. The number of hydrogen-bond donors (Lipinski definition) is 0. The minimum absolute atomic E-state index is 0.990. The highest BCUT2D eigenvalue weighted by atomic mass is 19.3. The summed E-state index contributed by atoms with van der Waals surface area (Å²) in [4.78, 5) is 10.6. The van der Waals surface area contributed by atoms with Crippen molar-refractivity contribution in [2.24, 2.45) is 5.92 Å². The zero-order chi connectivity index (χ0) is 11.6. The lowest BCUT2D eigenvalue weighted by molar-refractivity contribution is -0.334. The van der Waals surface area contributed by atoms with E-state index in [0.29, 0.717) is 0 Å². The molecule has 0 saturated carbocycles. The van der Waals surface area contributed by atoms with Gasteiger partial charge in [-0.25, -0.2) is 4.39 Å². The zero-order valence-electron chi connectivity index (χ0n) is 7.49. The van der Waals surface area contributed by atoms with Gasteiger partial charge in [0.25, 0.3) is 0 Å². The van der Waals surface area contributed by atoms with Crippen molar-refractivity contribution in [1.82, 2.24) is 0 Å². The smallest absolute Gasteiger partial charge is 0.396 e. The molecule has 84 valence electrons. The molecule has 14 heavy (non-hydrogen) atoms. The van der Waals surface area contributed by atoms with Gasteiger partial charge in [0.15, 0.2) is 6.67 Å². The molecule has 0 radical (unpaired) electrons. The van der Waals surface area contributed by atoms with Gasteiger partial charge in [0.1, 0.15) is 0 Å². The van der Waals surface area contributed by atoms with E-state index in [1.54, 1.807) is 0 Å². The molecule has 0 aliphatic carbocycles. The highest BCUT2D eigenvalue weighted by Gasteiger charge is 2.60. The second-order valence-electron chi connectivity index (χ2n) is 2.93. The Morgan fingerprint density at radius 3 is 2.00 bits per heavy atom. The summed E-state index contributed by atoms with van der Waals surface area (Å²) in [5.74, 6) is -7.49.